The van der Waals surface area contributed by atoms with E-state index in [1.54, 1.807) is 0 Å². The van der Waals surface area contributed by atoms with Crippen molar-refractivity contribution in [1.29, 1.82) is 0 Å². The van der Waals surface area contributed by atoms with Crippen molar-refractivity contribution in [3.63, 3.8) is 0 Å². The Bertz CT molecular complexity index is 156. The molecular weight excluding hydrogens is 142 g/mol. The number of ether oxygens (including phenoxy) is 1. The first-order chi connectivity index (χ1) is 5.11. The Labute approximate surface area is 67.3 Å². The van der Waals surface area contributed by atoms with Gasteiger partial charge in [0.2, 0.25) is 5.91 Å². The Hall–Kier alpha value is -0.570. The number of morpholine rings is 1. The van der Waals surface area contributed by atoms with Crippen molar-refractivity contribution < 1.29 is 9.53 Å². The number of rotatable bonds is 1. The number of carbonyl (C=O) groups excluding carboxylic acids is 1. The van der Waals surface area contributed by atoms with E-state index in [0.717, 1.165) is 6.54 Å². The van der Waals surface area contributed by atoms with Gasteiger partial charge in [-0.05, 0) is 20.8 Å². The third kappa shape index (κ3) is 1.93. The first-order valence-electron chi connectivity index (χ1n) is 4.02. The van der Waals surface area contributed by atoms with E-state index in [1.165, 1.54) is 0 Å². The van der Waals surface area contributed by atoms with E-state index in [0.29, 0.717) is 6.04 Å². The lowest BCUT2D eigenvalue weighted by molar-refractivity contribution is -0.150. The molecule has 0 bridgehead atoms. The van der Waals surface area contributed by atoms with E-state index in [-0.39, 0.29) is 18.6 Å². The normalized spacial score (nSPS) is 26.4. The molecule has 3 nitrogen and oxygen atoms in total. The van der Waals surface area contributed by atoms with Crippen LogP contribution in [0.1, 0.15) is 20.8 Å². The molecule has 0 aromatic rings. The average molecular weight is 157 g/mol. The third-order valence-corrected chi connectivity index (χ3v) is 1.89. The summed E-state index contributed by atoms with van der Waals surface area (Å²) in [7, 11) is 0. The molecule has 64 valence electrons. The second-order valence-electron chi connectivity index (χ2n) is 3.26. The highest BCUT2D eigenvalue weighted by molar-refractivity contribution is 5.78. The summed E-state index contributed by atoms with van der Waals surface area (Å²) >= 11 is 0. The molecule has 1 aliphatic heterocycles. The lowest BCUT2D eigenvalue weighted by atomic mass is 10.2. The smallest absolute Gasteiger partial charge is 0.248 e. The minimum absolute atomic E-state index is 0.109. The van der Waals surface area contributed by atoms with Gasteiger partial charge in [-0.1, -0.05) is 0 Å². The monoisotopic (exact) mass is 157 g/mol. The zero-order chi connectivity index (χ0) is 8.43. The SMILES string of the molecule is CC(C)N1C[C@H](C)OCC1=O. The van der Waals surface area contributed by atoms with Crippen LogP contribution in [0.15, 0.2) is 0 Å². The van der Waals surface area contributed by atoms with Crippen LogP contribution in [-0.4, -0.2) is 36.1 Å². The molecule has 0 unspecified atom stereocenters. The number of nitrogens with zero attached hydrogens (tertiary/aromatic N) is 1. The maximum Gasteiger partial charge on any atom is 0.248 e. The van der Waals surface area contributed by atoms with Crippen molar-refractivity contribution >= 4 is 5.91 Å². The van der Waals surface area contributed by atoms with Gasteiger partial charge in [-0.15, -0.1) is 0 Å². The van der Waals surface area contributed by atoms with E-state index in [2.05, 4.69) is 0 Å². The predicted molar refractivity (Wildman–Crippen MR) is 42.3 cm³/mol. The molecule has 1 aliphatic rings. The van der Waals surface area contributed by atoms with Crippen LogP contribution in [0.4, 0.5) is 0 Å². The van der Waals surface area contributed by atoms with Gasteiger partial charge in [0.15, 0.2) is 0 Å². The van der Waals surface area contributed by atoms with E-state index < -0.39 is 0 Å². The Morgan fingerprint density at radius 1 is 1.64 bits per heavy atom. The van der Waals surface area contributed by atoms with Crippen molar-refractivity contribution in [1.82, 2.24) is 4.90 Å². The summed E-state index contributed by atoms with van der Waals surface area (Å²) in [6, 6.07) is 0.300. The van der Waals surface area contributed by atoms with Gasteiger partial charge < -0.3 is 9.64 Å². The molecule has 0 aliphatic carbocycles. The van der Waals surface area contributed by atoms with E-state index in [9.17, 15) is 4.79 Å². The molecule has 1 atom stereocenters. The average Bonchev–Trinajstić information content (AvgIpc) is 1.94. The topological polar surface area (TPSA) is 29.5 Å². The number of amides is 1. The maximum absolute atomic E-state index is 11.2. The van der Waals surface area contributed by atoms with Gasteiger partial charge in [-0.3, -0.25) is 4.79 Å². The number of carbonyl (C=O) groups is 1. The highest BCUT2D eigenvalue weighted by Crippen LogP contribution is 2.08. The minimum atomic E-state index is 0.109. The van der Waals surface area contributed by atoms with Gasteiger partial charge in [0, 0.05) is 12.6 Å². The van der Waals surface area contributed by atoms with Crippen LogP contribution in [-0.2, 0) is 9.53 Å². The standard InChI is InChI=1S/C8H15NO2/c1-6(2)9-4-7(3)11-5-8(9)10/h6-7H,4-5H2,1-3H3/t7-/m0/s1. The largest absolute Gasteiger partial charge is 0.367 e. The Balaban J connectivity index is 2.54. The molecule has 1 fully saturated rings. The summed E-state index contributed by atoms with van der Waals surface area (Å²) in [4.78, 5) is 13.0. The van der Waals surface area contributed by atoms with Crippen LogP contribution in [0.3, 0.4) is 0 Å². The highest BCUT2D eigenvalue weighted by atomic mass is 16.5. The van der Waals surface area contributed by atoms with Gasteiger partial charge in [0.05, 0.1) is 6.10 Å². The summed E-state index contributed by atoms with van der Waals surface area (Å²) in [5.74, 6) is 0.109. The molecule has 1 amide bonds. The molecule has 1 rings (SSSR count). The highest BCUT2D eigenvalue weighted by Gasteiger charge is 2.24. The fourth-order valence-electron chi connectivity index (χ4n) is 1.23. The van der Waals surface area contributed by atoms with Crippen molar-refractivity contribution in [3.05, 3.63) is 0 Å². The van der Waals surface area contributed by atoms with Gasteiger partial charge >= 0.3 is 0 Å². The quantitative estimate of drug-likeness (QED) is 0.559. The number of hydrogen-bond acceptors (Lipinski definition) is 2. The molecular formula is C8H15NO2. The summed E-state index contributed by atoms with van der Waals surface area (Å²) in [6.45, 7) is 7.02. The van der Waals surface area contributed by atoms with Gasteiger partial charge in [-0.25, -0.2) is 0 Å². The van der Waals surface area contributed by atoms with E-state index in [4.69, 9.17) is 4.74 Å². The summed E-state index contributed by atoms with van der Waals surface area (Å²) in [6.07, 6.45) is 0.190. The zero-order valence-corrected chi connectivity index (χ0v) is 7.33. The first-order valence-corrected chi connectivity index (χ1v) is 4.02. The molecule has 0 aromatic heterocycles. The second-order valence-corrected chi connectivity index (χ2v) is 3.26. The molecule has 11 heavy (non-hydrogen) atoms. The first kappa shape index (κ1) is 8.53. The van der Waals surface area contributed by atoms with Crippen LogP contribution in [0, 0.1) is 0 Å². The van der Waals surface area contributed by atoms with Gasteiger partial charge in [0.1, 0.15) is 6.61 Å². The van der Waals surface area contributed by atoms with Crippen molar-refractivity contribution in [2.45, 2.75) is 32.9 Å². The molecule has 0 spiro atoms. The second kappa shape index (κ2) is 3.22. The summed E-state index contributed by atoms with van der Waals surface area (Å²) in [5.41, 5.74) is 0. The Morgan fingerprint density at radius 3 is 2.73 bits per heavy atom. The van der Waals surface area contributed by atoms with Crippen LogP contribution in [0.2, 0.25) is 0 Å². The molecule has 3 heteroatoms. The molecule has 1 heterocycles. The van der Waals surface area contributed by atoms with Crippen LogP contribution in [0.5, 0.6) is 0 Å². The van der Waals surface area contributed by atoms with E-state index in [1.807, 2.05) is 25.7 Å². The molecule has 0 radical (unpaired) electrons. The summed E-state index contributed by atoms with van der Waals surface area (Å²) in [5, 5.41) is 0. The summed E-state index contributed by atoms with van der Waals surface area (Å²) < 4.78 is 5.18. The van der Waals surface area contributed by atoms with Crippen molar-refractivity contribution in [2.75, 3.05) is 13.2 Å². The fourth-order valence-corrected chi connectivity index (χ4v) is 1.23. The minimum Gasteiger partial charge on any atom is -0.367 e. The van der Waals surface area contributed by atoms with Crippen LogP contribution >= 0.6 is 0 Å². The van der Waals surface area contributed by atoms with Crippen LogP contribution < -0.4 is 0 Å². The lowest BCUT2D eigenvalue weighted by Crippen LogP contribution is -2.48. The van der Waals surface area contributed by atoms with Crippen molar-refractivity contribution in [3.8, 4) is 0 Å². The third-order valence-electron chi connectivity index (χ3n) is 1.89. The molecule has 0 N–H and O–H groups in total. The zero-order valence-electron chi connectivity index (χ0n) is 7.33. The Morgan fingerprint density at radius 2 is 2.27 bits per heavy atom. The van der Waals surface area contributed by atoms with Crippen LogP contribution in [0.25, 0.3) is 0 Å². The Kier molecular flexibility index (Phi) is 2.49. The fraction of sp³-hybridized carbons (Fsp3) is 0.875. The molecule has 0 saturated carbocycles. The number of hydrogen-bond donors (Lipinski definition) is 0. The van der Waals surface area contributed by atoms with Crippen molar-refractivity contribution in [2.24, 2.45) is 0 Å². The lowest BCUT2D eigenvalue weighted by Gasteiger charge is -2.33. The predicted octanol–water partition coefficient (Wildman–Crippen LogP) is 0.642. The van der Waals surface area contributed by atoms with Gasteiger partial charge in [-0.2, -0.15) is 0 Å². The molecule has 1 saturated heterocycles. The maximum atomic E-state index is 11.2. The molecule has 0 aromatic carbocycles. The van der Waals surface area contributed by atoms with Gasteiger partial charge in [0.25, 0.3) is 0 Å². The van der Waals surface area contributed by atoms with E-state index >= 15 is 0 Å².